The van der Waals surface area contributed by atoms with Gasteiger partial charge in [0.1, 0.15) is 0 Å². The van der Waals surface area contributed by atoms with Crippen LogP contribution in [0.5, 0.6) is 0 Å². The third-order valence-electron chi connectivity index (χ3n) is 14.8. The molecule has 2 atom stereocenters. The largest absolute Gasteiger partial charge is 0.394 e. The van der Waals surface area contributed by atoms with Crippen LogP contribution >= 0.6 is 0 Å². The van der Waals surface area contributed by atoms with E-state index in [0.717, 1.165) is 25.7 Å². The van der Waals surface area contributed by atoms with Crippen LogP contribution in [0.1, 0.15) is 361 Å². The number of nitrogens with one attached hydrogen (secondary N) is 1. The van der Waals surface area contributed by atoms with Crippen molar-refractivity contribution in [1.29, 1.82) is 0 Å². The van der Waals surface area contributed by atoms with Crippen LogP contribution in [0.3, 0.4) is 0 Å². The summed E-state index contributed by atoms with van der Waals surface area (Å²) in [7, 11) is 0. The van der Waals surface area contributed by atoms with Crippen LogP contribution in [0.2, 0.25) is 0 Å². The van der Waals surface area contributed by atoms with Crippen molar-refractivity contribution >= 4 is 5.91 Å². The molecule has 0 spiro atoms. The Labute approximate surface area is 416 Å². The number of allylic oxidation sites excluding steroid dienone is 1. The van der Waals surface area contributed by atoms with Crippen LogP contribution in [0, 0.1) is 0 Å². The Morgan fingerprint density at radius 3 is 0.788 bits per heavy atom. The number of aliphatic hydroxyl groups is 2. The first-order valence-corrected chi connectivity index (χ1v) is 30.9. The molecule has 0 aromatic rings. The van der Waals surface area contributed by atoms with Gasteiger partial charge in [0.2, 0.25) is 5.91 Å². The molecule has 4 heteroatoms. The lowest BCUT2D eigenvalue weighted by molar-refractivity contribution is -0.123. The van der Waals surface area contributed by atoms with Gasteiger partial charge in [-0.3, -0.25) is 4.79 Å². The van der Waals surface area contributed by atoms with Crippen molar-refractivity contribution in [2.75, 3.05) is 6.61 Å². The standard InChI is InChI=1S/C62H123NO3/c1-3-5-7-9-11-13-15-17-19-21-22-23-24-25-26-27-28-29-30-31-32-33-34-35-36-37-38-39-40-41-42-44-46-48-50-52-54-56-58-62(66)63-60(59-64)61(65)57-55-53-51-49-47-45-43-20-18-16-14-12-10-8-6-4-2/h55,57,60-61,64-65H,3-54,56,58-59H2,1-2H3,(H,63,66)/b57-55+. The van der Waals surface area contributed by atoms with Gasteiger partial charge in [0.25, 0.3) is 0 Å². The van der Waals surface area contributed by atoms with Crippen LogP contribution in [0.15, 0.2) is 12.2 Å². The number of unbranched alkanes of at least 4 members (excludes halogenated alkanes) is 51. The average molecular weight is 931 g/mol. The maximum Gasteiger partial charge on any atom is 0.220 e. The Morgan fingerprint density at radius 2 is 0.561 bits per heavy atom. The van der Waals surface area contributed by atoms with Gasteiger partial charge in [-0.05, 0) is 19.3 Å². The van der Waals surface area contributed by atoms with Crippen molar-refractivity contribution in [3.8, 4) is 0 Å². The summed E-state index contributed by atoms with van der Waals surface area (Å²) in [6.45, 7) is 4.35. The maximum absolute atomic E-state index is 12.5. The average Bonchev–Trinajstić information content (AvgIpc) is 3.32. The molecule has 0 saturated heterocycles. The summed E-state index contributed by atoms with van der Waals surface area (Å²) in [4.78, 5) is 12.5. The predicted molar refractivity (Wildman–Crippen MR) is 295 cm³/mol. The van der Waals surface area contributed by atoms with Crippen molar-refractivity contribution in [2.24, 2.45) is 0 Å². The van der Waals surface area contributed by atoms with Gasteiger partial charge in [-0.1, -0.05) is 347 Å². The first-order valence-electron chi connectivity index (χ1n) is 30.9. The summed E-state index contributed by atoms with van der Waals surface area (Å²) in [6, 6.07) is -0.618. The predicted octanol–water partition coefficient (Wildman–Crippen LogP) is 20.5. The van der Waals surface area contributed by atoms with Crippen LogP contribution in [-0.4, -0.2) is 34.9 Å². The van der Waals surface area contributed by atoms with Gasteiger partial charge >= 0.3 is 0 Å². The van der Waals surface area contributed by atoms with Crippen molar-refractivity contribution in [3.63, 3.8) is 0 Å². The minimum Gasteiger partial charge on any atom is -0.394 e. The zero-order valence-electron chi connectivity index (χ0n) is 45.5. The summed E-state index contributed by atoms with van der Waals surface area (Å²) in [5.41, 5.74) is 0. The summed E-state index contributed by atoms with van der Waals surface area (Å²) in [5.74, 6) is -0.0556. The van der Waals surface area contributed by atoms with Gasteiger partial charge in [0, 0.05) is 6.42 Å². The number of carbonyl (C=O) groups excluding carboxylic acids is 1. The minimum atomic E-state index is -0.835. The topological polar surface area (TPSA) is 69.6 Å². The van der Waals surface area contributed by atoms with E-state index in [1.807, 2.05) is 6.08 Å². The Morgan fingerprint density at radius 1 is 0.348 bits per heavy atom. The Balaban J connectivity index is 3.35. The molecule has 0 radical (unpaired) electrons. The van der Waals surface area contributed by atoms with E-state index in [1.54, 1.807) is 6.08 Å². The fraction of sp³-hybridized carbons (Fsp3) is 0.952. The van der Waals surface area contributed by atoms with E-state index >= 15 is 0 Å². The molecule has 0 aromatic heterocycles. The first kappa shape index (κ1) is 65.1. The highest BCUT2D eigenvalue weighted by Gasteiger charge is 2.18. The summed E-state index contributed by atoms with van der Waals surface area (Å²) >= 11 is 0. The van der Waals surface area contributed by atoms with E-state index < -0.39 is 12.1 Å². The smallest absolute Gasteiger partial charge is 0.220 e. The van der Waals surface area contributed by atoms with E-state index in [-0.39, 0.29) is 12.5 Å². The molecule has 0 fully saturated rings. The zero-order valence-corrected chi connectivity index (χ0v) is 45.5. The summed E-state index contributed by atoms with van der Waals surface area (Å²) < 4.78 is 0. The molecule has 3 N–H and O–H groups in total. The highest BCUT2D eigenvalue weighted by molar-refractivity contribution is 5.76. The Bertz CT molecular complexity index is 921. The number of aliphatic hydroxyl groups excluding tert-OH is 2. The molecule has 4 nitrogen and oxygen atoms in total. The van der Waals surface area contributed by atoms with E-state index in [0.29, 0.717) is 6.42 Å². The molecule has 0 aliphatic rings. The van der Waals surface area contributed by atoms with E-state index in [4.69, 9.17) is 0 Å². The monoisotopic (exact) mass is 930 g/mol. The van der Waals surface area contributed by atoms with Gasteiger partial charge < -0.3 is 15.5 Å². The molecule has 66 heavy (non-hydrogen) atoms. The highest BCUT2D eigenvalue weighted by atomic mass is 16.3. The molecule has 2 unspecified atom stereocenters. The number of hydrogen-bond acceptors (Lipinski definition) is 3. The van der Waals surface area contributed by atoms with Crippen LogP contribution in [0.25, 0.3) is 0 Å². The Kier molecular flexibility index (Phi) is 57.7. The maximum atomic E-state index is 12.5. The molecule has 0 aromatic carbocycles. The lowest BCUT2D eigenvalue weighted by Gasteiger charge is -2.20. The van der Waals surface area contributed by atoms with Gasteiger partial charge in [0.05, 0.1) is 18.8 Å². The Hall–Kier alpha value is -0.870. The molecule has 0 saturated carbocycles. The zero-order chi connectivity index (χ0) is 47.7. The lowest BCUT2D eigenvalue weighted by atomic mass is 10.0. The number of carbonyl (C=O) groups is 1. The SMILES string of the molecule is CCCCCCCCCCCCCCCC/C=C/C(O)C(CO)NC(=O)CCCCCCCCCCCCCCCCCCCCCCCCCCCCCCCCCCCCCCCC. The third-order valence-corrected chi connectivity index (χ3v) is 14.8. The molecule has 0 rings (SSSR count). The van der Waals surface area contributed by atoms with E-state index in [9.17, 15) is 15.0 Å². The molecule has 0 bridgehead atoms. The molecule has 394 valence electrons. The normalized spacial score (nSPS) is 12.7. The second-order valence-electron chi connectivity index (χ2n) is 21.5. The number of amides is 1. The van der Waals surface area contributed by atoms with Gasteiger partial charge in [0.15, 0.2) is 0 Å². The molecule has 1 amide bonds. The molecule has 0 aliphatic carbocycles. The van der Waals surface area contributed by atoms with Crippen molar-refractivity contribution in [1.82, 2.24) is 5.32 Å². The lowest BCUT2D eigenvalue weighted by Crippen LogP contribution is -2.45. The summed E-state index contributed by atoms with van der Waals surface area (Å²) in [6.07, 6.45) is 77.0. The highest BCUT2D eigenvalue weighted by Crippen LogP contribution is 2.19. The van der Waals surface area contributed by atoms with Crippen LogP contribution < -0.4 is 5.32 Å². The fourth-order valence-corrected chi connectivity index (χ4v) is 10.1. The molecular weight excluding hydrogens is 807 g/mol. The van der Waals surface area contributed by atoms with Gasteiger partial charge in [-0.15, -0.1) is 0 Å². The van der Waals surface area contributed by atoms with Crippen LogP contribution in [0.4, 0.5) is 0 Å². The first-order chi connectivity index (χ1) is 32.7. The van der Waals surface area contributed by atoms with Crippen molar-refractivity contribution in [2.45, 2.75) is 373 Å². The second kappa shape index (κ2) is 58.4. The molecule has 0 aliphatic heterocycles. The summed E-state index contributed by atoms with van der Waals surface area (Å²) in [5, 5.41) is 23.2. The van der Waals surface area contributed by atoms with Crippen LogP contribution in [-0.2, 0) is 4.79 Å². The van der Waals surface area contributed by atoms with E-state index in [1.165, 1.54) is 315 Å². The van der Waals surface area contributed by atoms with Crippen molar-refractivity contribution in [3.05, 3.63) is 12.2 Å². The minimum absolute atomic E-state index is 0.0556. The third kappa shape index (κ3) is 54.1. The van der Waals surface area contributed by atoms with Gasteiger partial charge in [-0.25, -0.2) is 0 Å². The quantitative estimate of drug-likeness (QED) is 0.0420. The van der Waals surface area contributed by atoms with Crippen molar-refractivity contribution < 1.29 is 15.0 Å². The molecular formula is C62H123NO3. The fourth-order valence-electron chi connectivity index (χ4n) is 10.1. The number of rotatable bonds is 58. The van der Waals surface area contributed by atoms with E-state index in [2.05, 4.69) is 19.2 Å². The molecule has 0 heterocycles. The van der Waals surface area contributed by atoms with Gasteiger partial charge in [-0.2, -0.15) is 0 Å². The number of hydrogen-bond donors (Lipinski definition) is 3. The second-order valence-corrected chi connectivity index (χ2v) is 21.5.